The van der Waals surface area contributed by atoms with Gasteiger partial charge < -0.3 is 5.32 Å². The maximum atomic E-state index is 12.4. The molecule has 0 atom stereocenters. The molecule has 0 bridgehead atoms. The molecule has 29 heavy (non-hydrogen) atoms. The van der Waals surface area contributed by atoms with Gasteiger partial charge in [0.2, 0.25) is 5.91 Å². The number of benzene rings is 2. The molecule has 4 aromatic rings. The van der Waals surface area contributed by atoms with E-state index in [2.05, 4.69) is 26.3 Å². The molecule has 0 spiro atoms. The first-order chi connectivity index (χ1) is 14.1. The molecule has 7 heteroatoms. The van der Waals surface area contributed by atoms with E-state index in [-0.39, 0.29) is 12.5 Å². The fourth-order valence-corrected chi connectivity index (χ4v) is 3.38. The predicted octanol–water partition coefficient (Wildman–Crippen LogP) is 4.12. The second-order valence-electron chi connectivity index (χ2n) is 6.69. The molecular weight excluding hydrogens is 430 g/mol. The molecule has 0 aliphatic carbocycles. The molecule has 0 radical (unpaired) electrons. The standard InChI is InChI=1S/C22H20BrN5O/c1-16-20(23)14-27(25-16)15-21(29)24-12-18-13-28(19-10-6-3-7-11-19)26-22(18)17-8-4-2-5-9-17/h2-11,13-14H,12,15H2,1H3,(H,24,29). The Balaban J connectivity index is 1.55. The number of rotatable bonds is 6. The van der Waals surface area contributed by atoms with Crippen LogP contribution in [0.1, 0.15) is 11.3 Å². The number of hydrogen-bond donors (Lipinski definition) is 1. The number of hydrogen-bond acceptors (Lipinski definition) is 3. The lowest BCUT2D eigenvalue weighted by molar-refractivity contribution is -0.122. The smallest absolute Gasteiger partial charge is 0.242 e. The molecule has 0 fully saturated rings. The van der Waals surface area contributed by atoms with Crippen LogP contribution in [0, 0.1) is 6.92 Å². The number of amides is 1. The third-order valence-corrected chi connectivity index (χ3v) is 5.30. The zero-order valence-electron chi connectivity index (χ0n) is 15.9. The minimum absolute atomic E-state index is 0.105. The Morgan fingerprint density at radius 3 is 2.34 bits per heavy atom. The summed E-state index contributed by atoms with van der Waals surface area (Å²) in [5.41, 5.74) is 4.64. The minimum Gasteiger partial charge on any atom is -0.350 e. The van der Waals surface area contributed by atoms with E-state index in [1.54, 1.807) is 10.9 Å². The van der Waals surface area contributed by atoms with Gasteiger partial charge >= 0.3 is 0 Å². The van der Waals surface area contributed by atoms with Crippen molar-refractivity contribution in [3.8, 4) is 16.9 Å². The minimum atomic E-state index is -0.105. The number of aromatic nitrogens is 4. The molecule has 2 heterocycles. The van der Waals surface area contributed by atoms with Crippen LogP contribution in [0.3, 0.4) is 0 Å². The molecule has 146 valence electrons. The highest BCUT2D eigenvalue weighted by Crippen LogP contribution is 2.23. The van der Waals surface area contributed by atoms with E-state index in [0.717, 1.165) is 32.7 Å². The number of carbonyl (C=O) groups excluding carboxylic acids is 1. The molecule has 0 aliphatic rings. The average Bonchev–Trinajstić information content (AvgIpc) is 3.31. The Hall–Kier alpha value is -3.19. The number of halogens is 1. The highest BCUT2D eigenvalue weighted by molar-refractivity contribution is 9.10. The van der Waals surface area contributed by atoms with Gasteiger partial charge in [-0.1, -0.05) is 48.5 Å². The maximum Gasteiger partial charge on any atom is 0.242 e. The van der Waals surface area contributed by atoms with Crippen molar-refractivity contribution in [2.24, 2.45) is 0 Å². The van der Waals surface area contributed by atoms with Gasteiger partial charge in [-0.25, -0.2) is 4.68 Å². The Morgan fingerprint density at radius 1 is 1.00 bits per heavy atom. The van der Waals surface area contributed by atoms with Gasteiger partial charge in [0, 0.05) is 30.1 Å². The van der Waals surface area contributed by atoms with Crippen LogP contribution in [0.4, 0.5) is 0 Å². The van der Waals surface area contributed by atoms with Crippen LogP contribution < -0.4 is 5.32 Å². The Morgan fingerprint density at radius 2 is 1.69 bits per heavy atom. The van der Waals surface area contributed by atoms with E-state index in [1.807, 2.05) is 78.5 Å². The summed E-state index contributed by atoms with van der Waals surface area (Å²) >= 11 is 3.42. The average molecular weight is 450 g/mol. The summed E-state index contributed by atoms with van der Waals surface area (Å²) in [6.45, 7) is 2.44. The summed E-state index contributed by atoms with van der Waals surface area (Å²) in [5, 5.41) is 12.1. The third kappa shape index (κ3) is 4.46. The molecule has 4 rings (SSSR count). The van der Waals surface area contributed by atoms with Crippen LogP contribution >= 0.6 is 15.9 Å². The van der Waals surface area contributed by atoms with Crippen LogP contribution in [-0.4, -0.2) is 25.5 Å². The lowest BCUT2D eigenvalue weighted by Crippen LogP contribution is -2.27. The number of para-hydroxylation sites is 1. The van der Waals surface area contributed by atoms with Crippen molar-refractivity contribution in [3.63, 3.8) is 0 Å². The fraction of sp³-hybridized carbons (Fsp3) is 0.136. The van der Waals surface area contributed by atoms with Crippen LogP contribution in [0.5, 0.6) is 0 Å². The molecule has 0 aliphatic heterocycles. The molecular formula is C22H20BrN5O. The van der Waals surface area contributed by atoms with Crippen LogP contribution in [0.2, 0.25) is 0 Å². The number of nitrogens with one attached hydrogen (secondary N) is 1. The quantitative estimate of drug-likeness (QED) is 0.481. The molecule has 1 amide bonds. The summed E-state index contributed by atoms with van der Waals surface area (Å²) in [6, 6.07) is 19.9. The molecule has 0 saturated carbocycles. The summed E-state index contributed by atoms with van der Waals surface area (Å²) in [6.07, 6.45) is 3.77. The van der Waals surface area contributed by atoms with Gasteiger partial charge in [-0.3, -0.25) is 9.48 Å². The van der Waals surface area contributed by atoms with E-state index in [4.69, 9.17) is 5.10 Å². The summed E-state index contributed by atoms with van der Waals surface area (Å²) < 4.78 is 4.36. The van der Waals surface area contributed by atoms with Crippen LogP contribution in [-0.2, 0) is 17.9 Å². The van der Waals surface area contributed by atoms with Crippen LogP contribution in [0.25, 0.3) is 16.9 Å². The summed E-state index contributed by atoms with van der Waals surface area (Å²) in [7, 11) is 0. The van der Waals surface area contributed by atoms with E-state index < -0.39 is 0 Å². The van der Waals surface area contributed by atoms with Gasteiger partial charge in [-0.2, -0.15) is 10.2 Å². The van der Waals surface area contributed by atoms with E-state index in [0.29, 0.717) is 6.54 Å². The first-order valence-electron chi connectivity index (χ1n) is 9.26. The number of nitrogens with zero attached hydrogens (tertiary/aromatic N) is 4. The van der Waals surface area contributed by atoms with Crippen molar-refractivity contribution >= 4 is 21.8 Å². The van der Waals surface area contributed by atoms with Crippen molar-refractivity contribution < 1.29 is 4.79 Å². The van der Waals surface area contributed by atoms with Gasteiger partial charge in [-0.15, -0.1) is 0 Å². The van der Waals surface area contributed by atoms with Gasteiger partial charge in [0.15, 0.2) is 0 Å². The SMILES string of the molecule is Cc1nn(CC(=O)NCc2cn(-c3ccccc3)nc2-c2ccccc2)cc1Br. The molecule has 6 nitrogen and oxygen atoms in total. The number of aryl methyl sites for hydroxylation is 1. The summed E-state index contributed by atoms with van der Waals surface area (Å²) in [4.78, 5) is 12.4. The zero-order chi connectivity index (χ0) is 20.2. The van der Waals surface area contributed by atoms with E-state index >= 15 is 0 Å². The first kappa shape index (κ1) is 19.1. The highest BCUT2D eigenvalue weighted by atomic mass is 79.9. The zero-order valence-corrected chi connectivity index (χ0v) is 17.5. The fourth-order valence-electron chi connectivity index (χ4n) is 3.06. The van der Waals surface area contributed by atoms with Crippen molar-refractivity contribution in [2.45, 2.75) is 20.0 Å². The molecule has 0 saturated heterocycles. The van der Waals surface area contributed by atoms with Crippen LogP contribution in [0.15, 0.2) is 77.5 Å². The lowest BCUT2D eigenvalue weighted by atomic mass is 10.1. The number of carbonyl (C=O) groups is 1. The maximum absolute atomic E-state index is 12.4. The lowest BCUT2D eigenvalue weighted by Gasteiger charge is -2.06. The molecule has 1 N–H and O–H groups in total. The van der Waals surface area contributed by atoms with E-state index in [9.17, 15) is 4.79 Å². The van der Waals surface area contributed by atoms with Crippen molar-refractivity contribution in [1.82, 2.24) is 24.9 Å². The molecule has 2 aromatic heterocycles. The largest absolute Gasteiger partial charge is 0.350 e. The molecule has 2 aromatic carbocycles. The van der Waals surface area contributed by atoms with Crippen molar-refractivity contribution in [2.75, 3.05) is 0 Å². The monoisotopic (exact) mass is 449 g/mol. The highest BCUT2D eigenvalue weighted by Gasteiger charge is 2.14. The second-order valence-corrected chi connectivity index (χ2v) is 7.54. The Labute approximate surface area is 177 Å². The first-order valence-corrected chi connectivity index (χ1v) is 10.0. The van der Waals surface area contributed by atoms with Gasteiger partial charge in [0.05, 0.1) is 21.5 Å². The van der Waals surface area contributed by atoms with E-state index in [1.165, 1.54) is 0 Å². The van der Waals surface area contributed by atoms with Crippen molar-refractivity contribution in [3.05, 3.63) is 88.8 Å². The predicted molar refractivity (Wildman–Crippen MR) is 116 cm³/mol. The topological polar surface area (TPSA) is 64.7 Å². The van der Waals surface area contributed by atoms with Gasteiger partial charge in [0.1, 0.15) is 6.54 Å². The van der Waals surface area contributed by atoms with Crippen molar-refractivity contribution in [1.29, 1.82) is 0 Å². The Bertz CT molecular complexity index is 1100. The third-order valence-electron chi connectivity index (χ3n) is 4.53. The summed E-state index contributed by atoms with van der Waals surface area (Å²) in [5.74, 6) is -0.105. The molecule has 0 unspecified atom stereocenters. The normalized spacial score (nSPS) is 10.8. The van der Waals surface area contributed by atoms with Gasteiger partial charge in [-0.05, 0) is 35.0 Å². The second kappa shape index (κ2) is 8.45. The Kier molecular flexibility index (Phi) is 5.57. The van der Waals surface area contributed by atoms with Gasteiger partial charge in [0.25, 0.3) is 0 Å².